The molecule has 3 aromatic carbocycles. The minimum absolute atomic E-state index is 0.137. The van der Waals surface area contributed by atoms with Gasteiger partial charge < -0.3 is 9.47 Å². The van der Waals surface area contributed by atoms with Crippen LogP contribution in [0.2, 0.25) is 15.1 Å². The van der Waals surface area contributed by atoms with Crippen molar-refractivity contribution in [2.75, 3.05) is 7.11 Å². The maximum absolute atomic E-state index is 13.0. The number of hydrogen-bond acceptors (Lipinski definition) is 3. The maximum Gasteiger partial charge on any atom is 0.185 e. The van der Waals surface area contributed by atoms with E-state index in [9.17, 15) is 9.18 Å². The Balaban J connectivity index is 1.78. The van der Waals surface area contributed by atoms with Crippen LogP contribution in [0, 0.1) is 5.82 Å². The Labute approximate surface area is 188 Å². The summed E-state index contributed by atoms with van der Waals surface area (Å²) in [6.07, 6.45) is 3.09. The summed E-state index contributed by atoms with van der Waals surface area (Å²) in [5, 5.41) is 1.01. The monoisotopic (exact) mass is 464 g/mol. The Hall–Kier alpha value is -2.53. The van der Waals surface area contributed by atoms with E-state index in [1.165, 1.54) is 30.3 Å². The van der Waals surface area contributed by atoms with Crippen LogP contribution in [0.4, 0.5) is 4.39 Å². The lowest BCUT2D eigenvalue weighted by Crippen LogP contribution is -2.00. The fraction of sp³-hybridized carbons (Fsp3) is 0.0870. The molecule has 0 N–H and O–H groups in total. The van der Waals surface area contributed by atoms with Crippen molar-refractivity contribution in [2.45, 2.75) is 6.61 Å². The van der Waals surface area contributed by atoms with Crippen molar-refractivity contribution in [3.63, 3.8) is 0 Å². The van der Waals surface area contributed by atoms with Crippen LogP contribution in [0.3, 0.4) is 0 Å². The van der Waals surface area contributed by atoms with Crippen LogP contribution in [0.15, 0.2) is 60.7 Å². The second-order valence-electron chi connectivity index (χ2n) is 6.26. The average molecular weight is 466 g/mol. The summed E-state index contributed by atoms with van der Waals surface area (Å²) >= 11 is 18.2. The highest BCUT2D eigenvalue weighted by Crippen LogP contribution is 2.36. The highest BCUT2D eigenvalue weighted by atomic mass is 35.5. The number of methoxy groups -OCH3 is 1. The van der Waals surface area contributed by atoms with Gasteiger partial charge >= 0.3 is 0 Å². The van der Waals surface area contributed by atoms with Crippen molar-refractivity contribution in [3.8, 4) is 11.5 Å². The minimum Gasteiger partial charge on any atom is -0.496 e. The molecule has 0 fully saturated rings. The lowest BCUT2D eigenvalue weighted by Gasteiger charge is -2.13. The van der Waals surface area contributed by atoms with Crippen LogP contribution in [0.25, 0.3) is 6.08 Å². The predicted molar refractivity (Wildman–Crippen MR) is 119 cm³/mol. The number of hydrogen-bond donors (Lipinski definition) is 0. The lowest BCUT2D eigenvalue weighted by atomic mass is 10.1. The predicted octanol–water partition coefficient (Wildman–Crippen LogP) is 7.27. The van der Waals surface area contributed by atoms with Crippen molar-refractivity contribution in [3.05, 3.63) is 98.2 Å². The van der Waals surface area contributed by atoms with Gasteiger partial charge in [0, 0.05) is 16.1 Å². The molecule has 154 valence electrons. The first-order valence-corrected chi connectivity index (χ1v) is 9.93. The van der Waals surface area contributed by atoms with Gasteiger partial charge in [-0.05, 0) is 60.2 Å². The van der Waals surface area contributed by atoms with Gasteiger partial charge in [0.1, 0.15) is 18.2 Å². The van der Waals surface area contributed by atoms with Gasteiger partial charge in [0.25, 0.3) is 0 Å². The van der Waals surface area contributed by atoms with E-state index < -0.39 is 5.82 Å². The van der Waals surface area contributed by atoms with Gasteiger partial charge in [-0.1, -0.05) is 46.9 Å². The zero-order valence-corrected chi connectivity index (χ0v) is 18.1. The van der Waals surface area contributed by atoms with Crippen molar-refractivity contribution in [2.24, 2.45) is 0 Å². The molecule has 0 saturated carbocycles. The largest absolute Gasteiger partial charge is 0.496 e. The van der Waals surface area contributed by atoms with E-state index in [0.717, 1.165) is 11.1 Å². The number of ether oxygens (including phenoxy) is 2. The van der Waals surface area contributed by atoms with Crippen LogP contribution < -0.4 is 9.47 Å². The molecule has 0 aromatic heterocycles. The van der Waals surface area contributed by atoms with E-state index in [4.69, 9.17) is 44.3 Å². The molecule has 0 aliphatic rings. The molecule has 3 nitrogen and oxygen atoms in total. The van der Waals surface area contributed by atoms with Crippen LogP contribution in [-0.4, -0.2) is 12.9 Å². The summed E-state index contributed by atoms with van der Waals surface area (Å²) in [6.45, 7) is 0.137. The van der Waals surface area contributed by atoms with Crippen LogP contribution in [0.5, 0.6) is 11.5 Å². The summed E-state index contributed by atoms with van der Waals surface area (Å²) in [4.78, 5) is 12.3. The zero-order valence-electron chi connectivity index (χ0n) is 15.8. The molecule has 0 atom stereocenters. The van der Waals surface area contributed by atoms with E-state index in [-0.39, 0.29) is 12.4 Å². The van der Waals surface area contributed by atoms with Gasteiger partial charge in [-0.15, -0.1) is 0 Å². The third-order valence-corrected chi connectivity index (χ3v) is 4.98. The molecule has 30 heavy (non-hydrogen) atoms. The van der Waals surface area contributed by atoms with Crippen molar-refractivity contribution in [1.29, 1.82) is 0 Å². The highest BCUT2D eigenvalue weighted by molar-refractivity contribution is 6.40. The smallest absolute Gasteiger partial charge is 0.185 e. The van der Waals surface area contributed by atoms with Crippen LogP contribution in [0.1, 0.15) is 21.5 Å². The Morgan fingerprint density at radius 3 is 2.30 bits per heavy atom. The minimum atomic E-state index is -0.392. The molecule has 0 unspecified atom stereocenters. The second-order valence-corrected chi connectivity index (χ2v) is 7.51. The van der Waals surface area contributed by atoms with E-state index >= 15 is 0 Å². The van der Waals surface area contributed by atoms with Gasteiger partial charge in [-0.2, -0.15) is 0 Å². The van der Waals surface area contributed by atoms with Gasteiger partial charge in [0.05, 0.1) is 17.2 Å². The number of halogens is 4. The SMILES string of the molecule is COc1ccc(/C=C\C(=O)c2ccc(F)cc2)cc1COc1c(Cl)cc(Cl)cc1Cl. The number of rotatable bonds is 7. The summed E-state index contributed by atoms with van der Waals surface area (Å²) in [6, 6.07) is 13.9. The number of benzene rings is 3. The van der Waals surface area contributed by atoms with E-state index in [0.29, 0.717) is 32.1 Å². The fourth-order valence-corrected chi connectivity index (χ4v) is 3.64. The number of ketones is 1. The summed E-state index contributed by atoms with van der Waals surface area (Å²) in [5.41, 5.74) is 1.89. The van der Waals surface area contributed by atoms with E-state index in [1.807, 2.05) is 6.07 Å². The molecule has 0 aliphatic carbocycles. The molecule has 3 rings (SSSR count). The van der Waals surface area contributed by atoms with Crippen molar-refractivity contribution >= 4 is 46.7 Å². The van der Waals surface area contributed by atoms with Crippen LogP contribution in [-0.2, 0) is 6.61 Å². The topological polar surface area (TPSA) is 35.5 Å². The Bertz CT molecular complexity index is 1070. The lowest BCUT2D eigenvalue weighted by molar-refractivity contribution is 0.104. The third-order valence-electron chi connectivity index (χ3n) is 4.20. The summed E-state index contributed by atoms with van der Waals surface area (Å²) < 4.78 is 24.2. The quantitative estimate of drug-likeness (QED) is 0.272. The van der Waals surface area contributed by atoms with Gasteiger partial charge in [0.2, 0.25) is 0 Å². The first-order valence-electron chi connectivity index (χ1n) is 8.79. The molecule has 0 saturated heterocycles. The normalized spacial score (nSPS) is 11.0. The number of carbonyl (C=O) groups is 1. The molecule has 0 radical (unpaired) electrons. The molecular weight excluding hydrogens is 450 g/mol. The Kier molecular flexibility index (Phi) is 7.38. The molecule has 3 aromatic rings. The number of carbonyl (C=O) groups excluding carboxylic acids is 1. The molecule has 0 bridgehead atoms. The van der Waals surface area contributed by atoms with Gasteiger partial charge in [0.15, 0.2) is 11.5 Å². The van der Waals surface area contributed by atoms with E-state index in [1.54, 1.807) is 37.5 Å². The third kappa shape index (κ3) is 5.54. The standard InChI is InChI=1S/C23H16Cl3FO3/c1-29-22-9-3-14(2-8-21(28)15-4-6-18(27)7-5-15)10-16(22)13-30-23-19(25)11-17(24)12-20(23)26/h2-12H,13H2,1H3/b8-2-. The summed E-state index contributed by atoms with van der Waals surface area (Å²) in [7, 11) is 1.55. The number of allylic oxidation sites excluding steroid dienone is 1. The zero-order chi connectivity index (χ0) is 21.7. The van der Waals surface area contributed by atoms with Gasteiger partial charge in [-0.25, -0.2) is 4.39 Å². The molecule has 7 heteroatoms. The fourth-order valence-electron chi connectivity index (χ4n) is 2.71. The maximum atomic E-state index is 13.0. The second kappa shape index (κ2) is 9.98. The van der Waals surface area contributed by atoms with E-state index in [2.05, 4.69) is 0 Å². The van der Waals surface area contributed by atoms with Crippen LogP contribution >= 0.6 is 34.8 Å². The molecule has 0 amide bonds. The van der Waals surface area contributed by atoms with Gasteiger partial charge in [-0.3, -0.25) is 4.79 Å². The molecular formula is C23H16Cl3FO3. The molecule has 0 spiro atoms. The molecule has 0 aliphatic heterocycles. The Morgan fingerprint density at radius 2 is 1.67 bits per heavy atom. The average Bonchev–Trinajstić information content (AvgIpc) is 2.71. The first kappa shape index (κ1) is 22.2. The summed E-state index contributed by atoms with van der Waals surface area (Å²) in [5.74, 6) is 0.301. The Morgan fingerprint density at radius 1 is 1.00 bits per heavy atom. The van der Waals surface area contributed by atoms with Crippen molar-refractivity contribution < 1.29 is 18.7 Å². The van der Waals surface area contributed by atoms with Crippen molar-refractivity contribution in [1.82, 2.24) is 0 Å². The molecule has 0 heterocycles. The highest BCUT2D eigenvalue weighted by Gasteiger charge is 2.12. The first-order chi connectivity index (χ1) is 14.4.